The van der Waals surface area contributed by atoms with Crippen molar-refractivity contribution in [3.8, 4) is 0 Å². The first kappa shape index (κ1) is 11.0. The molecule has 0 spiro atoms. The second kappa shape index (κ2) is 4.97. The van der Waals surface area contributed by atoms with Crippen LogP contribution in [0.25, 0.3) is 0 Å². The van der Waals surface area contributed by atoms with Gasteiger partial charge in [-0.2, -0.15) is 0 Å². The molecule has 0 aliphatic carbocycles. The SMILES string of the molecule is NCCNCc1cc(F)c(F)c(F)c1. The summed E-state index contributed by atoms with van der Waals surface area (Å²) in [5.41, 5.74) is 5.56. The van der Waals surface area contributed by atoms with Crippen molar-refractivity contribution in [2.45, 2.75) is 6.54 Å². The first-order valence-corrected chi connectivity index (χ1v) is 4.19. The van der Waals surface area contributed by atoms with E-state index in [0.717, 1.165) is 12.1 Å². The van der Waals surface area contributed by atoms with Crippen molar-refractivity contribution in [2.75, 3.05) is 13.1 Å². The molecule has 0 aliphatic rings. The number of hydrogen-bond donors (Lipinski definition) is 2. The van der Waals surface area contributed by atoms with E-state index in [-0.39, 0.29) is 6.54 Å². The van der Waals surface area contributed by atoms with Crippen LogP contribution in [-0.4, -0.2) is 13.1 Å². The van der Waals surface area contributed by atoms with Gasteiger partial charge in [-0.05, 0) is 17.7 Å². The summed E-state index contributed by atoms with van der Waals surface area (Å²) < 4.78 is 37.9. The first-order valence-electron chi connectivity index (χ1n) is 4.19. The Labute approximate surface area is 79.9 Å². The molecule has 0 atom stereocenters. The molecule has 0 unspecified atom stereocenters. The highest BCUT2D eigenvalue weighted by molar-refractivity contribution is 5.19. The zero-order valence-electron chi connectivity index (χ0n) is 7.49. The highest BCUT2D eigenvalue weighted by atomic mass is 19.2. The van der Waals surface area contributed by atoms with E-state index in [1.807, 2.05) is 0 Å². The molecule has 78 valence electrons. The van der Waals surface area contributed by atoms with Gasteiger partial charge in [0.25, 0.3) is 0 Å². The molecule has 1 rings (SSSR count). The standard InChI is InChI=1S/C9H11F3N2/c10-7-3-6(5-14-2-1-13)4-8(11)9(7)12/h3-4,14H,1-2,5,13H2. The van der Waals surface area contributed by atoms with Gasteiger partial charge in [0, 0.05) is 19.6 Å². The minimum absolute atomic E-state index is 0.269. The van der Waals surface area contributed by atoms with Crippen LogP contribution < -0.4 is 11.1 Å². The third-order valence-corrected chi connectivity index (χ3v) is 1.69. The monoisotopic (exact) mass is 204 g/mol. The van der Waals surface area contributed by atoms with Gasteiger partial charge in [-0.25, -0.2) is 13.2 Å². The zero-order chi connectivity index (χ0) is 10.6. The molecular weight excluding hydrogens is 193 g/mol. The van der Waals surface area contributed by atoms with E-state index in [1.165, 1.54) is 0 Å². The molecule has 0 amide bonds. The Kier molecular flexibility index (Phi) is 3.91. The maximum Gasteiger partial charge on any atom is 0.194 e. The number of nitrogens with two attached hydrogens (primary N) is 1. The maximum absolute atomic E-state index is 12.7. The summed E-state index contributed by atoms with van der Waals surface area (Å²) in [6.07, 6.45) is 0. The van der Waals surface area contributed by atoms with Gasteiger partial charge in [-0.1, -0.05) is 0 Å². The number of rotatable bonds is 4. The van der Waals surface area contributed by atoms with Crippen LogP contribution in [0.3, 0.4) is 0 Å². The van der Waals surface area contributed by atoms with Gasteiger partial charge in [-0.3, -0.25) is 0 Å². The molecule has 0 fully saturated rings. The van der Waals surface area contributed by atoms with Crippen molar-refractivity contribution < 1.29 is 13.2 Å². The van der Waals surface area contributed by atoms with Crippen LogP contribution in [0.1, 0.15) is 5.56 Å². The molecule has 0 saturated carbocycles. The summed E-state index contributed by atoms with van der Waals surface area (Å²) in [5.74, 6) is -3.78. The van der Waals surface area contributed by atoms with Crippen molar-refractivity contribution in [3.63, 3.8) is 0 Å². The lowest BCUT2D eigenvalue weighted by atomic mass is 10.2. The lowest BCUT2D eigenvalue weighted by Crippen LogP contribution is -2.22. The minimum Gasteiger partial charge on any atom is -0.329 e. The second-order valence-corrected chi connectivity index (χ2v) is 2.84. The number of nitrogens with one attached hydrogen (secondary N) is 1. The van der Waals surface area contributed by atoms with Crippen molar-refractivity contribution in [3.05, 3.63) is 35.1 Å². The quantitative estimate of drug-likeness (QED) is 0.570. The van der Waals surface area contributed by atoms with Crippen LogP contribution in [0.5, 0.6) is 0 Å². The van der Waals surface area contributed by atoms with Crippen LogP contribution in [0.4, 0.5) is 13.2 Å². The normalized spacial score (nSPS) is 10.6. The predicted molar refractivity (Wildman–Crippen MR) is 47.1 cm³/mol. The maximum atomic E-state index is 12.7. The molecule has 0 aromatic heterocycles. The summed E-state index contributed by atoms with van der Waals surface area (Å²) in [7, 11) is 0. The third-order valence-electron chi connectivity index (χ3n) is 1.69. The molecule has 0 bridgehead atoms. The van der Waals surface area contributed by atoms with Gasteiger partial charge >= 0.3 is 0 Å². The largest absolute Gasteiger partial charge is 0.329 e. The van der Waals surface area contributed by atoms with E-state index in [0.29, 0.717) is 18.7 Å². The lowest BCUT2D eigenvalue weighted by Gasteiger charge is -2.04. The van der Waals surface area contributed by atoms with Gasteiger partial charge in [0.05, 0.1) is 0 Å². The molecule has 14 heavy (non-hydrogen) atoms. The fourth-order valence-electron chi connectivity index (χ4n) is 1.04. The average Bonchev–Trinajstić information content (AvgIpc) is 2.14. The van der Waals surface area contributed by atoms with E-state index < -0.39 is 17.5 Å². The summed E-state index contributed by atoms with van der Waals surface area (Å²) >= 11 is 0. The van der Waals surface area contributed by atoms with E-state index in [1.54, 1.807) is 0 Å². The molecule has 2 nitrogen and oxygen atoms in total. The predicted octanol–water partition coefficient (Wildman–Crippen LogP) is 1.15. The molecule has 0 saturated heterocycles. The second-order valence-electron chi connectivity index (χ2n) is 2.84. The molecule has 5 heteroatoms. The van der Waals surface area contributed by atoms with E-state index in [4.69, 9.17) is 5.73 Å². The first-order chi connectivity index (χ1) is 6.65. The van der Waals surface area contributed by atoms with Crippen molar-refractivity contribution in [1.29, 1.82) is 0 Å². The Morgan fingerprint density at radius 1 is 1.14 bits per heavy atom. The number of hydrogen-bond acceptors (Lipinski definition) is 2. The molecular formula is C9H11F3N2. The summed E-state index contributed by atoms with van der Waals surface area (Å²) in [4.78, 5) is 0. The molecule has 0 radical (unpaired) electrons. The highest BCUT2D eigenvalue weighted by Gasteiger charge is 2.09. The fourth-order valence-corrected chi connectivity index (χ4v) is 1.04. The van der Waals surface area contributed by atoms with Crippen LogP contribution >= 0.6 is 0 Å². The van der Waals surface area contributed by atoms with E-state index in [9.17, 15) is 13.2 Å². The van der Waals surface area contributed by atoms with Gasteiger partial charge < -0.3 is 11.1 Å². The Bertz CT molecular complexity index is 292. The smallest absolute Gasteiger partial charge is 0.194 e. The minimum atomic E-state index is -1.44. The Morgan fingerprint density at radius 2 is 1.71 bits per heavy atom. The van der Waals surface area contributed by atoms with Crippen LogP contribution in [-0.2, 0) is 6.54 Å². The van der Waals surface area contributed by atoms with Crippen LogP contribution in [0.2, 0.25) is 0 Å². The van der Waals surface area contributed by atoms with Crippen molar-refractivity contribution >= 4 is 0 Å². The highest BCUT2D eigenvalue weighted by Crippen LogP contribution is 2.13. The van der Waals surface area contributed by atoms with E-state index >= 15 is 0 Å². The summed E-state index contributed by atoms with van der Waals surface area (Å²) in [5, 5.41) is 2.84. The number of benzene rings is 1. The topological polar surface area (TPSA) is 38.0 Å². The van der Waals surface area contributed by atoms with Crippen molar-refractivity contribution in [1.82, 2.24) is 5.32 Å². The lowest BCUT2D eigenvalue weighted by molar-refractivity contribution is 0.444. The van der Waals surface area contributed by atoms with Crippen LogP contribution in [0, 0.1) is 17.5 Å². The van der Waals surface area contributed by atoms with E-state index in [2.05, 4.69) is 5.32 Å². The molecule has 3 N–H and O–H groups in total. The Hall–Kier alpha value is -1.07. The molecule has 1 aromatic rings. The molecule has 1 aromatic carbocycles. The molecule has 0 heterocycles. The third kappa shape index (κ3) is 2.71. The van der Waals surface area contributed by atoms with Gasteiger partial charge in [-0.15, -0.1) is 0 Å². The van der Waals surface area contributed by atoms with Crippen LogP contribution in [0.15, 0.2) is 12.1 Å². The van der Waals surface area contributed by atoms with Gasteiger partial charge in [0.15, 0.2) is 17.5 Å². The van der Waals surface area contributed by atoms with Gasteiger partial charge in [0.2, 0.25) is 0 Å². The Morgan fingerprint density at radius 3 is 2.21 bits per heavy atom. The van der Waals surface area contributed by atoms with Gasteiger partial charge in [0.1, 0.15) is 0 Å². The number of halogens is 3. The van der Waals surface area contributed by atoms with Crippen molar-refractivity contribution in [2.24, 2.45) is 5.73 Å². The average molecular weight is 204 g/mol. The zero-order valence-corrected chi connectivity index (χ0v) is 7.49. The summed E-state index contributed by atoms with van der Waals surface area (Å²) in [6.45, 7) is 1.25. The summed E-state index contributed by atoms with van der Waals surface area (Å²) in [6, 6.07) is 1.92. The Balaban J connectivity index is 2.69. The fraction of sp³-hybridized carbons (Fsp3) is 0.333. The molecule has 0 aliphatic heterocycles.